The van der Waals surface area contributed by atoms with Gasteiger partial charge >= 0.3 is 0 Å². The molecule has 1 heterocycles. The summed E-state index contributed by atoms with van der Waals surface area (Å²) in [5.41, 5.74) is -0.248. The van der Waals surface area contributed by atoms with Crippen LogP contribution in [0.5, 0.6) is 11.5 Å². The van der Waals surface area contributed by atoms with Gasteiger partial charge in [-0.15, -0.1) is 11.6 Å². The van der Waals surface area contributed by atoms with Gasteiger partial charge in [0, 0.05) is 13.1 Å². The van der Waals surface area contributed by atoms with Gasteiger partial charge in [0.05, 0.1) is 30.3 Å². The van der Waals surface area contributed by atoms with E-state index in [1.54, 1.807) is 11.0 Å². The van der Waals surface area contributed by atoms with Crippen LogP contribution in [0, 0.1) is 0 Å². The number of methoxy groups -OCH3 is 1. The SMILES string of the molecule is COc1ccc(O)c(C(=O)N2CC(CCl)OC(C)(C)C2)c1. The molecule has 1 aromatic carbocycles. The predicted molar refractivity (Wildman–Crippen MR) is 80.2 cm³/mol. The molecule has 1 aromatic rings. The first-order valence-electron chi connectivity index (χ1n) is 6.76. The zero-order valence-corrected chi connectivity index (χ0v) is 13.2. The molecule has 1 saturated heterocycles. The number of phenols is 1. The summed E-state index contributed by atoms with van der Waals surface area (Å²) < 4.78 is 10.9. The molecular weight excluding hydrogens is 294 g/mol. The highest BCUT2D eigenvalue weighted by Gasteiger charge is 2.36. The van der Waals surface area contributed by atoms with Crippen LogP contribution >= 0.6 is 11.6 Å². The molecule has 0 aromatic heterocycles. The highest BCUT2D eigenvalue weighted by molar-refractivity contribution is 6.18. The second-order valence-corrected chi connectivity index (χ2v) is 6.03. The monoisotopic (exact) mass is 313 g/mol. The Morgan fingerprint density at radius 2 is 2.29 bits per heavy atom. The molecule has 1 aliphatic heterocycles. The van der Waals surface area contributed by atoms with Gasteiger partial charge in [0.25, 0.3) is 5.91 Å². The highest BCUT2D eigenvalue weighted by Crippen LogP contribution is 2.28. The number of ether oxygens (including phenoxy) is 2. The number of phenolic OH excluding ortho intramolecular Hbond substituents is 1. The molecule has 0 bridgehead atoms. The van der Waals surface area contributed by atoms with Gasteiger partial charge in [0.2, 0.25) is 0 Å². The Morgan fingerprint density at radius 1 is 1.57 bits per heavy atom. The van der Waals surface area contributed by atoms with Crippen LogP contribution < -0.4 is 4.74 Å². The Hall–Kier alpha value is -1.46. The van der Waals surface area contributed by atoms with Crippen LogP contribution in [0.15, 0.2) is 18.2 Å². The fourth-order valence-corrected chi connectivity index (χ4v) is 2.68. The molecule has 5 nitrogen and oxygen atoms in total. The number of nitrogens with zero attached hydrogens (tertiary/aromatic N) is 1. The second kappa shape index (κ2) is 6.12. The van der Waals surface area contributed by atoms with E-state index in [-0.39, 0.29) is 23.3 Å². The number of alkyl halides is 1. The van der Waals surface area contributed by atoms with Gasteiger partial charge in [-0.25, -0.2) is 0 Å². The Kier molecular flexibility index (Phi) is 4.64. The number of halogens is 1. The van der Waals surface area contributed by atoms with Crippen molar-refractivity contribution in [3.8, 4) is 11.5 Å². The van der Waals surface area contributed by atoms with Gasteiger partial charge in [-0.3, -0.25) is 4.79 Å². The molecule has 0 saturated carbocycles. The van der Waals surface area contributed by atoms with Gasteiger partial charge in [-0.05, 0) is 32.0 Å². The van der Waals surface area contributed by atoms with Crippen LogP contribution in [-0.4, -0.2) is 53.7 Å². The Bertz CT molecular complexity index is 532. The quantitative estimate of drug-likeness (QED) is 0.870. The third-order valence-electron chi connectivity index (χ3n) is 3.37. The van der Waals surface area contributed by atoms with E-state index in [2.05, 4.69) is 0 Å². The number of aromatic hydroxyl groups is 1. The van der Waals surface area contributed by atoms with Crippen LogP contribution in [0.4, 0.5) is 0 Å². The van der Waals surface area contributed by atoms with Crippen molar-refractivity contribution in [1.82, 2.24) is 4.90 Å². The fourth-order valence-electron chi connectivity index (χ4n) is 2.51. The first-order chi connectivity index (χ1) is 9.86. The molecule has 0 radical (unpaired) electrons. The molecule has 1 atom stereocenters. The van der Waals surface area contributed by atoms with Crippen LogP contribution in [0.25, 0.3) is 0 Å². The minimum atomic E-state index is -0.470. The first-order valence-corrected chi connectivity index (χ1v) is 7.30. The Labute approximate surface area is 129 Å². The number of carbonyl (C=O) groups excluding carboxylic acids is 1. The van der Waals surface area contributed by atoms with E-state index in [1.165, 1.54) is 19.2 Å². The normalized spacial score (nSPS) is 21.1. The molecule has 21 heavy (non-hydrogen) atoms. The maximum Gasteiger partial charge on any atom is 0.257 e. The molecule has 1 unspecified atom stereocenters. The lowest BCUT2D eigenvalue weighted by atomic mass is 10.0. The molecule has 1 amide bonds. The average molecular weight is 314 g/mol. The lowest BCUT2D eigenvalue weighted by molar-refractivity contribution is -0.117. The van der Waals surface area contributed by atoms with Gasteiger partial charge in [0.15, 0.2) is 0 Å². The molecule has 2 rings (SSSR count). The molecule has 116 valence electrons. The minimum Gasteiger partial charge on any atom is -0.507 e. The summed E-state index contributed by atoms with van der Waals surface area (Å²) in [6.07, 6.45) is -0.216. The topological polar surface area (TPSA) is 59.0 Å². The minimum absolute atomic E-state index is 0.0625. The van der Waals surface area contributed by atoms with Crippen LogP contribution in [-0.2, 0) is 4.74 Å². The predicted octanol–water partition coefficient (Wildman–Crippen LogP) is 2.26. The van der Waals surface area contributed by atoms with Gasteiger partial charge in [0.1, 0.15) is 11.5 Å². The Morgan fingerprint density at radius 3 is 2.90 bits per heavy atom. The van der Waals surface area contributed by atoms with Crippen LogP contribution in [0.1, 0.15) is 24.2 Å². The van der Waals surface area contributed by atoms with Gasteiger partial charge in [-0.2, -0.15) is 0 Å². The second-order valence-electron chi connectivity index (χ2n) is 5.72. The summed E-state index contributed by atoms with van der Waals surface area (Å²) in [5.74, 6) is 0.528. The number of morpholine rings is 1. The maximum absolute atomic E-state index is 12.6. The zero-order chi connectivity index (χ0) is 15.6. The Balaban J connectivity index is 2.26. The van der Waals surface area contributed by atoms with Crippen molar-refractivity contribution in [3.63, 3.8) is 0 Å². The standard InChI is InChI=1S/C15H20ClNO4/c1-15(2)9-17(8-11(7-16)21-15)14(19)12-6-10(20-3)4-5-13(12)18/h4-6,11,18H,7-9H2,1-3H3. The number of hydrogen-bond acceptors (Lipinski definition) is 4. The molecule has 0 aliphatic carbocycles. The third kappa shape index (κ3) is 3.60. The molecule has 0 spiro atoms. The third-order valence-corrected chi connectivity index (χ3v) is 3.72. The zero-order valence-electron chi connectivity index (χ0n) is 12.4. The van der Waals surface area contributed by atoms with E-state index in [0.717, 1.165) is 0 Å². The van der Waals surface area contributed by atoms with E-state index in [1.807, 2.05) is 13.8 Å². The summed E-state index contributed by atoms with van der Waals surface area (Å²) in [4.78, 5) is 14.3. The number of hydrogen-bond donors (Lipinski definition) is 1. The largest absolute Gasteiger partial charge is 0.507 e. The van der Waals surface area contributed by atoms with E-state index >= 15 is 0 Å². The number of carbonyl (C=O) groups is 1. The molecule has 6 heteroatoms. The highest BCUT2D eigenvalue weighted by atomic mass is 35.5. The van der Waals surface area contributed by atoms with Crippen molar-refractivity contribution < 1.29 is 19.4 Å². The van der Waals surface area contributed by atoms with E-state index in [0.29, 0.717) is 24.7 Å². The average Bonchev–Trinajstić information content (AvgIpc) is 2.45. The smallest absolute Gasteiger partial charge is 0.257 e. The number of amides is 1. The van der Waals surface area contributed by atoms with Crippen LogP contribution in [0.2, 0.25) is 0 Å². The fraction of sp³-hybridized carbons (Fsp3) is 0.533. The molecule has 1 aliphatic rings. The van der Waals surface area contributed by atoms with Crippen molar-refractivity contribution >= 4 is 17.5 Å². The van der Waals surface area contributed by atoms with E-state index in [9.17, 15) is 9.90 Å². The van der Waals surface area contributed by atoms with E-state index < -0.39 is 5.60 Å². The van der Waals surface area contributed by atoms with Crippen molar-refractivity contribution in [2.45, 2.75) is 25.6 Å². The van der Waals surface area contributed by atoms with E-state index in [4.69, 9.17) is 21.1 Å². The van der Waals surface area contributed by atoms with Crippen molar-refractivity contribution in [3.05, 3.63) is 23.8 Å². The summed E-state index contributed by atoms with van der Waals surface area (Å²) in [7, 11) is 1.52. The molecule has 1 fully saturated rings. The molecule has 1 N–H and O–H groups in total. The first kappa shape index (κ1) is 15.9. The van der Waals surface area contributed by atoms with Gasteiger partial charge in [-0.1, -0.05) is 0 Å². The summed E-state index contributed by atoms with van der Waals surface area (Å²) in [6.45, 7) is 4.67. The van der Waals surface area contributed by atoms with Crippen molar-refractivity contribution in [1.29, 1.82) is 0 Å². The summed E-state index contributed by atoms with van der Waals surface area (Å²) in [6, 6.07) is 4.60. The van der Waals surface area contributed by atoms with Crippen LogP contribution in [0.3, 0.4) is 0 Å². The lowest BCUT2D eigenvalue weighted by Crippen LogP contribution is -2.55. The summed E-state index contributed by atoms with van der Waals surface area (Å²) >= 11 is 5.87. The number of rotatable bonds is 3. The summed E-state index contributed by atoms with van der Waals surface area (Å²) in [5, 5.41) is 9.92. The molecular formula is C15H20ClNO4. The lowest BCUT2D eigenvalue weighted by Gasteiger charge is -2.42. The van der Waals surface area contributed by atoms with Crippen molar-refractivity contribution in [2.75, 3.05) is 26.1 Å². The van der Waals surface area contributed by atoms with Gasteiger partial charge < -0.3 is 19.5 Å². The number of benzene rings is 1. The maximum atomic E-state index is 12.6. The van der Waals surface area contributed by atoms with Crippen molar-refractivity contribution in [2.24, 2.45) is 0 Å².